The van der Waals surface area contributed by atoms with E-state index < -0.39 is 15.4 Å². The van der Waals surface area contributed by atoms with Gasteiger partial charge >= 0.3 is 0 Å². The Morgan fingerprint density at radius 1 is 1.14 bits per heavy atom. The van der Waals surface area contributed by atoms with Gasteiger partial charge in [-0.25, -0.2) is 0 Å². The van der Waals surface area contributed by atoms with Crippen LogP contribution in [0.5, 0.6) is 0 Å². The molecule has 0 saturated carbocycles. The van der Waals surface area contributed by atoms with Crippen molar-refractivity contribution in [3.05, 3.63) is 35.9 Å². The van der Waals surface area contributed by atoms with Gasteiger partial charge in [0.1, 0.15) is 0 Å². The second kappa shape index (κ2) is 5.78. The normalized spacial score (nSPS) is 10.6. The molecule has 0 aliphatic heterocycles. The molecule has 80 valence electrons. The van der Waals surface area contributed by atoms with Gasteiger partial charge in [-0.2, -0.15) is 8.42 Å². The van der Waals surface area contributed by atoms with Gasteiger partial charge in [0.2, 0.25) is 0 Å². The molecule has 0 atom stereocenters. The molecule has 0 fully saturated rings. The Bertz CT molecular complexity index is 341. The lowest BCUT2D eigenvalue weighted by atomic mass is 10.2. The van der Waals surface area contributed by atoms with Crippen LogP contribution in [0, 0.1) is 6.92 Å². The Hall–Kier alpha value is -0.870. The van der Waals surface area contributed by atoms with Gasteiger partial charge in [-0.3, -0.25) is 4.55 Å². The summed E-state index contributed by atoms with van der Waals surface area (Å²) in [5.74, 6) is 0. The minimum atomic E-state index is -3.74. The van der Waals surface area contributed by atoms with Gasteiger partial charge in [0.25, 0.3) is 10.1 Å². The van der Waals surface area contributed by atoms with Crippen molar-refractivity contribution in [2.75, 3.05) is 0 Å². The van der Waals surface area contributed by atoms with E-state index in [4.69, 9.17) is 4.55 Å². The second-order valence-electron chi connectivity index (χ2n) is 3.22. The van der Waals surface area contributed by atoms with Crippen molar-refractivity contribution in [3.8, 4) is 0 Å². The van der Waals surface area contributed by atoms with Crippen LogP contribution >= 0.6 is 0 Å². The maximum absolute atomic E-state index is 9.89. The van der Waals surface area contributed by atoms with Gasteiger partial charge in [0.05, 0.1) is 5.25 Å². The van der Waals surface area contributed by atoms with E-state index in [-0.39, 0.29) is 0 Å². The highest BCUT2D eigenvalue weighted by molar-refractivity contribution is 7.86. The Kier molecular flexibility index (Phi) is 5.42. The summed E-state index contributed by atoms with van der Waals surface area (Å²) in [6.45, 7) is 4.91. The van der Waals surface area contributed by atoms with Crippen LogP contribution in [0.3, 0.4) is 0 Å². The third-order valence-electron chi connectivity index (χ3n) is 1.54. The molecule has 0 aliphatic rings. The standard InChI is InChI=1S/C7H8.C3H8O3S/c1-7-5-3-2-4-6-7;1-3(2)7(4,5)6/h2-6H,1H3;3H,1-2H3,(H,4,5,6). The molecule has 3 nitrogen and oxygen atoms in total. The van der Waals surface area contributed by atoms with Crippen LogP contribution in [0.25, 0.3) is 0 Å². The van der Waals surface area contributed by atoms with Crippen molar-refractivity contribution in [1.82, 2.24) is 0 Å². The van der Waals surface area contributed by atoms with Crippen molar-refractivity contribution in [2.24, 2.45) is 0 Å². The number of rotatable bonds is 1. The van der Waals surface area contributed by atoms with Crippen molar-refractivity contribution in [3.63, 3.8) is 0 Å². The highest BCUT2D eigenvalue weighted by Crippen LogP contribution is 1.92. The Morgan fingerprint density at radius 2 is 1.50 bits per heavy atom. The summed E-state index contributed by atoms with van der Waals surface area (Å²) in [6.07, 6.45) is 0. The van der Waals surface area contributed by atoms with E-state index in [1.165, 1.54) is 19.4 Å². The molecular formula is C10H16O3S. The minimum Gasteiger partial charge on any atom is -0.285 e. The molecule has 4 heteroatoms. The molecule has 1 aromatic rings. The summed E-state index contributed by atoms with van der Waals surface area (Å²) in [4.78, 5) is 0. The first kappa shape index (κ1) is 13.1. The Morgan fingerprint density at radius 3 is 1.64 bits per heavy atom. The molecule has 0 radical (unpaired) electrons. The van der Waals surface area contributed by atoms with E-state index in [2.05, 4.69) is 19.1 Å². The van der Waals surface area contributed by atoms with E-state index in [1.54, 1.807) is 0 Å². The molecule has 0 bridgehead atoms. The third-order valence-corrected chi connectivity index (χ3v) is 2.73. The molecule has 0 saturated heterocycles. The first-order valence-corrected chi connectivity index (χ1v) is 5.82. The second-order valence-corrected chi connectivity index (χ2v) is 5.19. The molecule has 1 aromatic carbocycles. The van der Waals surface area contributed by atoms with E-state index in [0.29, 0.717) is 0 Å². The zero-order valence-electron chi connectivity index (χ0n) is 8.64. The van der Waals surface area contributed by atoms with Crippen LogP contribution in [0.1, 0.15) is 19.4 Å². The Balaban J connectivity index is 0.000000241. The van der Waals surface area contributed by atoms with E-state index in [0.717, 1.165) is 0 Å². The molecular weight excluding hydrogens is 200 g/mol. The van der Waals surface area contributed by atoms with Crippen molar-refractivity contribution in [1.29, 1.82) is 0 Å². The van der Waals surface area contributed by atoms with E-state index in [1.807, 2.05) is 18.2 Å². The summed E-state index contributed by atoms with van der Waals surface area (Å²) in [6, 6.07) is 10.3. The van der Waals surface area contributed by atoms with Crippen LogP contribution in [0.2, 0.25) is 0 Å². The monoisotopic (exact) mass is 216 g/mol. The molecule has 0 amide bonds. The third kappa shape index (κ3) is 6.62. The SMILES string of the molecule is CC(C)S(=O)(=O)O.Cc1ccccc1. The highest BCUT2D eigenvalue weighted by Gasteiger charge is 2.08. The number of hydrogen-bond donors (Lipinski definition) is 1. The Labute approximate surface area is 85.5 Å². The van der Waals surface area contributed by atoms with E-state index in [9.17, 15) is 8.42 Å². The van der Waals surface area contributed by atoms with Crippen molar-refractivity contribution >= 4 is 10.1 Å². The van der Waals surface area contributed by atoms with Gasteiger partial charge in [-0.05, 0) is 20.8 Å². The average Bonchev–Trinajstić information content (AvgIpc) is 2.04. The smallest absolute Gasteiger partial charge is 0.267 e. The first-order chi connectivity index (χ1) is 6.34. The molecule has 0 aromatic heterocycles. The highest BCUT2D eigenvalue weighted by atomic mass is 32.2. The molecule has 1 rings (SSSR count). The lowest BCUT2D eigenvalue weighted by molar-refractivity contribution is 0.473. The summed E-state index contributed by atoms with van der Waals surface area (Å²) in [5.41, 5.74) is 1.32. The average molecular weight is 216 g/mol. The van der Waals surface area contributed by atoms with E-state index >= 15 is 0 Å². The summed E-state index contributed by atoms with van der Waals surface area (Å²) in [5, 5.41) is -0.674. The molecule has 14 heavy (non-hydrogen) atoms. The molecule has 0 heterocycles. The van der Waals surface area contributed by atoms with Crippen molar-refractivity contribution in [2.45, 2.75) is 26.0 Å². The number of aryl methyl sites for hydroxylation is 1. The largest absolute Gasteiger partial charge is 0.285 e. The summed E-state index contributed by atoms with van der Waals surface area (Å²) < 4.78 is 27.8. The fraction of sp³-hybridized carbons (Fsp3) is 0.400. The van der Waals surface area contributed by atoms with Gasteiger partial charge in [0.15, 0.2) is 0 Å². The van der Waals surface area contributed by atoms with Crippen LogP contribution in [-0.4, -0.2) is 18.2 Å². The van der Waals surface area contributed by atoms with Crippen LogP contribution in [-0.2, 0) is 10.1 Å². The minimum absolute atomic E-state index is 0.674. The number of hydrogen-bond acceptors (Lipinski definition) is 2. The van der Waals surface area contributed by atoms with Gasteiger partial charge in [0, 0.05) is 0 Å². The number of benzene rings is 1. The van der Waals surface area contributed by atoms with Crippen molar-refractivity contribution < 1.29 is 13.0 Å². The van der Waals surface area contributed by atoms with Gasteiger partial charge in [-0.1, -0.05) is 35.9 Å². The maximum Gasteiger partial charge on any atom is 0.267 e. The topological polar surface area (TPSA) is 54.4 Å². The zero-order chi connectivity index (χ0) is 11.2. The van der Waals surface area contributed by atoms with Crippen LogP contribution in [0.15, 0.2) is 30.3 Å². The fourth-order valence-electron chi connectivity index (χ4n) is 0.534. The summed E-state index contributed by atoms with van der Waals surface area (Å²) in [7, 11) is -3.74. The predicted octanol–water partition coefficient (Wildman–Crippen LogP) is 2.28. The molecule has 1 N–H and O–H groups in total. The van der Waals surface area contributed by atoms with Gasteiger partial charge in [-0.15, -0.1) is 0 Å². The fourth-order valence-corrected chi connectivity index (χ4v) is 0.534. The zero-order valence-corrected chi connectivity index (χ0v) is 9.45. The lowest BCUT2D eigenvalue weighted by Crippen LogP contribution is -2.10. The predicted molar refractivity (Wildman–Crippen MR) is 57.9 cm³/mol. The van der Waals surface area contributed by atoms with Crippen LogP contribution < -0.4 is 0 Å². The lowest BCUT2D eigenvalue weighted by Gasteiger charge is -1.94. The maximum atomic E-state index is 9.89. The molecule has 0 unspecified atom stereocenters. The van der Waals surface area contributed by atoms with Crippen LogP contribution in [0.4, 0.5) is 0 Å². The first-order valence-electron chi connectivity index (χ1n) is 4.32. The quantitative estimate of drug-likeness (QED) is 0.733. The molecule has 0 aliphatic carbocycles. The van der Waals surface area contributed by atoms with Gasteiger partial charge < -0.3 is 0 Å². The summed E-state index contributed by atoms with van der Waals surface area (Å²) >= 11 is 0. The molecule has 0 spiro atoms.